The van der Waals surface area contributed by atoms with Crippen LogP contribution in [0.25, 0.3) is 0 Å². The minimum atomic E-state index is -1.33. The average molecular weight is 489 g/mol. The van der Waals surface area contributed by atoms with Gasteiger partial charge in [0.15, 0.2) is 11.5 Å². The molecular formula is C21H27N7O7. The van der Waals surface area contributed by atoms with Gasteiger partial charge in [0.25, 0.3) is 11.5 Å². The predicted octanol–water partition coefficient (Wildman–Crippen LogP) is -0.0950. The number of anilines is 4. The van der Waals surface area contributed by atoms with Gasteiger partial charge in [-0.2, -0.15) is 4.98 Å². The van der Waals surface area contributed by atoms with Gasteiger partial charge in [-0.3, -0.25) is 24.2 Å². The number of aromatic amines is 1. The number of carbonyl (C=O) groups is 4. The highest BCUT2D eigenvalue weighted by molar-refractivity contribution is 5.97. The molecule has 0 saturated carbocycles. The zero-order valence-electron chi connectivity index (χ0n) is 17.8. The number of nitrogen functional groups attached to an aromatic ring is 1. The van der Waals surface area contributed by atoms with Crippen LogP contribution >= 0.6 is 0 Å². The van der Waals surface area contributed by atoms with Gasteiger partial charge in [0.2, 0.25) is 12.4 Å². The number of H-pyrrole nitrogens is 1. The van der Waals surface area contributed by atoms with Crippen LogP contribution in [-0.2, 0) is 14.4 Å². The largest absolute Gasteiger partial charge is 0.481 e. The van der Waals surface area contributed by atoms with Gasteiger partial charge in [0.1, 0.15) is 6.04 Å². The van der Waals surface area contributed by atoms with Gasteiger partial charge in [-0.1, -0.05) is 7.43 Å². The van der Waals surface area contributed by atoms with Crippen molar-refractivity contribution in [3.05, 3.63) is 40.2 Å². The molecule has 1 aromatic heterocycles. The molecule has 2 heterocycles. The smallest absolute Gasteiger partial charge is 0.326 e. The van der Waals surface area contributed by atoms with Crippen molar-refractivity contribution in [1.82, 2.24) is 15.3 Å². The van der Waals surface area contributed by atoms with Crippen LogP contribution in [0.5, 0.6) is 0 Å². The molecule has 2 aromatic rings. The number of nitrogens with zero attached hydrogens (tertiary/aromatic N) is 2. The molecule has 2 atom stereocenters. The minimum Gasteiger partial charge on any atom is -0.481 e. The number of amides is 2. The Bertz CT molecular complexity index is 1150. The number of carboxylic acids is 2. The second kappa shape index (κ2) is 11.5. The maximum Gasteiger partial charge on any atom is 0.326 e. The Hall–Kier alpha value is -4.62. The number of nitrogens with two attached hydrogens (primary N) is 1. The summed E-state index contributed by atoms with van der Waals surface area (Å²) in [6.07, 6.45) is -0.101. The third kappa shape index (κ3) is 6.46. The first-order chi connectivity index (χ1) is 16.2. The van der Waals surface area contributed by atoms with E-state index in [1.54, 1.807) is 12.1 Å². The van der Waals surface area contributed by atoms with Gasteiger partial charge in [-0.05, 0) is 30.7 Å². The second-order valence-corrected chi connectivity index (χ2v) is 7.45. The molecule has 35 heavy (non-hydrogen) atoms. The van der Waals surface area contributed by atoms with Crippen molar-refractivity contribution >= 4 is 47.4 Å². The molecule has 0 aliphatic carbocycles. The van der Waals surface area contributed by atoms with Crippen molar-refractivity contribution in [3.8, 4) is 0 Å². The molecule has 2 amide bonds. The van der Waals surface area contributed by atoms with Crippen LogP contribution in [0.2, 0.25) is 0 Å². The van der Waals surface area contributed by atoms with E-state index in [-0.39, 0.29) is 43.4 Å². The van der Waals surface area contributed by atoms with Gasteiger partial charge in [0, 0.05) is 30.8 Å². The van der Waals surface area contributed by atoms with Crippen LogP contribution in [0.1, 0.15) is 30.6 Å². The third-order valence-electron chi connectivity index (χ3n) is 5.12. The maximum atomic E-state index is 12.3. The molecule has 0 spiro atoms. The Labute approximate surface area is 199 Å². The summed E-state index contributed by atoms with van der Waals surface area (Å²) < 4.78 is 0. The average Bonchev–Trinajstić information content (AvgIpc) is 2.79. The van der Waals surface area contributed by atoms with E-state index >= 15 is 0 Å². The predicted molar refractivity (Wildman–Crippen MR) is 128 cm³/mol. The van der Waals surface area contributed by atoms with Gasteiger partial charge >= 0.3 is 11.9 Å². The highest BCUT2D eigenvalue weighted by atomic mass is 16.4. The molecule has 1 aliphatic heterocycles. The Morgan fingerprint density at radius 3 is 2.54 bits per heavy atom. The first-order valence-electron chi connectivity index (χ1n) is 10.2. The maximum absolute atomic E-state index is 12.3. The van der Waals surface area contributed by atoms with Crippen LogP contribution in [0, 0.1) is 0 Å². The number of rotatable bonds is 10. The molecule has 1 aromatic carbocycles. The van der Waals surface area contributed by atoms with E-state index in [0.717, 1.165) is 0 Å². The molecule has 8 N–H and O–H groups in total. The van der Waals surface area contributed by atoms with Crippen molar-refractivity contribution in [2.75, 3.05) is 34.4 Å². The molecular weight excluding hydrogens is 462 g/mol. The summed E-state index contributed by atoms with van der Waals surface area (Å²) in [6.45, 7) is 0.568. The van der Waals surface area contributed by atoms with Crippen LogP contribution in [0.15, 0.2) is 29.1 Å². The Morgan fingerprint density at radius 1 is 1.26 bits per heavy atom. The third-order valence-corrected chi connectivity index (χ3v) is 5.12. The highest BCUT2D eigenvalue weighted by Gasteiger charge is 2.29. The fourth-order valence-electron chi connectivity index (χ4n) is 3.39. The zero-order chi connectivity index (χ0) is 24.8. The number of aliphatic carboxylic acids is 2. The Balaban J connectivity index is 0.00000432. The van der Waals surface area contributed by atoms with E-state index in [2.05, 4.69) is 25.9 Å². The van der Waals surface area contributed by atoms with E-state index in [4.69, 9.17) is 10.8 Å². The number of hydrogen-bond acceptors (Lipinski definition) is 9. The zero-order valence-corrected chi connectivity index (χ0v) is 17.8. The van der Waals surface area contributed by atoms with Crippen molar-refractivity contribution in [2.24, 2.45) is 0 Å². The quantitative estimate of drug-likeness (QED) is 0.218. The molecule has 188 valence electrons. The van der Waals surface area contributed by atoms with E-state index in [1.807, 2.05) is 0 Å². The van der Waals surface area contributed by atoms with Crippen LogP contribution in [0.4, 0.5) is 23.1 Å². The van der Waals surface area contributed by atoms with Gasteiger partial charge in [-0.15, -0.1) is 0 Å². The summed E-state index contributed by atoms with van der Waals surface area (Å²) in [4.78, 5) is 65.7. The highest BCUT2D eigenvalue weighted by Crippen LogP contribution is 2.25. The molecule has 14 nitrogen and oxygen atoms in total. The lowest BCUT2D eigenvalue weighted by Gasteiger charge is -2.34. The number of nitrogens with one attached hydrogen (secondary N) is 4. The molecule has 0 radical (unpaired) electrons. The number of hydrogen-bond donors (Lipinski definition) is 7. The topological polar surface area (TPSA) is 220 Å². The molecule has 0 bridgehead atoms. The van der Waals surface area contributed by atoms with Crippen molar-refractivity contribution in [1.29, 1.82) is 0 Å². The molecule has 3 rings (SSSR count). The second-order valence-electron chi connectivity index (χ2n) is 7.45. The monoisotopic (exact) mass is 489 g/mol. The van der Waals surface area contributed by atoms with E-state index in [9.17, 15) is 29.1 Å². The van der Waals surface area contributed by atoms with Gasteiger partial charge < -0.3 is 36.8 Å². The standard InChI is InChI=1S/C20H23N7O7.CH4/c21-20-25-16-15(18(32)26-20)27(9-28)12(8-23-16)7-22-11-3-1-10(2-4-11)17(31)24-13(19(33)34)5-6-14(29)30;/h1-4,9,12-13,22H,5-8H2,(H,24,31)(H,29,30)(H,33,34)(H4,21,23,25,26,32);1H4/t12?,13-;/m0./s1. The molecule has 14 heteroatoms. The lowest BCUT2D eigenvalue weighted by Crippen LogP contribution is -2.50. The summed E-state index contributed by atoms with van der Waals surface area (Å²) in [5, 5.41) is 26.3. The number of fused-ring (bicyclic) bond motifs is 1. The van der Waals surface area contributed by atoms with E-state index in [1.165, 1.54) is 17.0 Å². The fourth-order valence-corrected chi connectivity index (χ4v) is 3.39. The van der Waals surface area contributed by atoms with Gasteiger partial charge in [-0.25, -0.2) is 4.79 Å². The fraction of sp³-hybridized carbons (Fsp3) is 0.333. The molecule has 0 fully saturated rings. The summed E-state index contributed by atoms with van der Waals surface area (Å²) >= 11 is 0. The van der Waals surface area contributed by atoms with Crippen molar-refractivity contribution in [2.45, 2.75) is 32.4 Å². The van der Waals surface area contributed by atoms with E-state index in [0.29, 0.717) is 18.6 Å². The molecule has 1 unspecified atom stereocenters. The number of aromatic nitrogens is 2. The first kappa shape index (κ1) is 26.6. The lowest BCUT2D eigenvalue weighted by molar-refractivity contribution is -0.140. The number of carboxylic acid groups (broad SMARTS) is 2. The van der Waals surface area contributed by atoms with E-state index < -0.39 is 41.9 Å². The first-order valence-corrected chi connectivity index (χ1v) is 10.2. The Morgan fingerprint density at radius 2 is 1.94 bits per heavy atom. The van der Waals surface area contributed by atoms with Crippen molar-refractivity contribution in [3.63, 3.8) is 0 Å². The number of benzene rings is 1. The summed E-state index contributed by atoms with van der Waals surface area (Å²) in [6, 6.07) is 4.36. The van der Waals surface area contributed by atoms with Crippen LogP contribution in [0.3, 0.4) is 0 Å². The van der Waals surface area contributed by atoms with Crippen molar-refractivity contribution < 1.29 is 29.4 Å². The molecule has 0 saturated heterocycles. The van der Waals surface area contributed by atoms with Crippen LogP contribution in [-0.4, -0.2) is 69.6 Å². The summed E-state index contributed by atoms with van der Waals surface area (Å²) in [7, 11) is 0. The van der Waals surface area contributed by atoms with Crippen LogP contribution < -0.4 is 32.1 Å². The minimum absolute atomic E-state index is 0. The van der Waals surface area contributed by atoms with Gasteiger partial charge in [0.05, 0.1) is 6.04 Å². The summed E-state index contributed by atoms with van der Waals surface area (Å²) in [5.74, 6) is -3.00. The SMILES string of the molecule is C.Nc1nc2c(c(=O)[nH]1)N(C=O)C(CNc1ccc(C(=O)N[C@@H](CCC(=O)O)C(=O)O)cc1)CN2. The molecule has 1 aliphatic rings. The Kier molecular flexibility index (Phi) is 8.74. The lowest BCUT2D eigenvalue weighted by atomic mass is 10.1. The normalized spacial score (nSPS) is 15.0. The number of carbonyl (C=O) groups excluding carboxylic acids is 2. The summed E-state index contributed by atoms with van der Waals surface area (Å²) in [5.41, 5.74) is 5.84.